The van der Waals surface area contributed by atoms with E-state index in [0.717, 1.165) is 0 Å². The first-order chi connectivity index (χ1) is 15.0. The number of para-hydroxylation sites is 1. The monoisotopic (exact) mass is 439 g/mol. The molecule has 2 aliphatic rings. The van der Waals surface area contributed by atoms with Crippen LogP contribution in [-0.2, 0) is 16.6 Å². The fourth-order valence-corrected chi connectivity index (χ4v) is 5.77. The van der Waals surface area contributed by atoms with Crippen LogP contribution in [0.5, 0.6) is 5.75 Å². The van der Waals surface area contributed by atoms with Crippen LogP contribution in [0.15, 0.2) is 76.6 Å². The van der Waals surface area contributed by atoms with Crippen molar-refractivity contribution >= 4 is 15.9 Å². The van der Waals surface area contributed by atoms with Crippen molar-refractivity contribution in [2.45, 2.75) is 23.5 Å². The molecule has 4 heterocycles. The molecule has 5 rings (SSSR count). The average Bonchev–Trinajstić information content (AvgIpc) is 3.43. The number of likely N-dealkylation sites (tertiary alicyclic amines) is 1. The fourth-order valence-electron chi connectivity index (χ4n) is 4.17. The highest BCUT2D eigenvalue weighted by Gasteiger charge is 2.49. The van der Waals surface area contributed by atoms with Crippen LogP contribution < -0.4 is 4.74 Å². The number of benzene rings is 1. The largest absolute Gasteiger partial charge is 0.483 e. The number of nitrogens with zero attached hydrogens (tertiary/aromatic N) is 3. The number of aromatic nitrogens is 1. The van der Waals surface area contributed by atoms with Gasteiger partial charge in [-0.1, -0.05) is 18.2 Å². The van der Waals surface area contributed by atoms with Crippen molar-refractivity contribution in [1.82, 2.24) is 14.2 Å². The standard InChI is InChI=1S/C22H21N3O5S/c26-21(17-8-12-29-14-17)24-11-9-22(15-24)16-25(13-18-5-3-4-10-23-18)31(27,28)20-7-2-1-6-19(20)30-22/h1-8,10,12,14H,9,11,13,15-16H2/t22-/m0/s1. The van der Waals surface area contributed by atoms with Crippen molar-refractivity contribution in [2.75, 3.05) is 19.6 Å². The Labute approximate surface area is 180 Å². The molecule has 2 aliphatic heterocycles. The smallest absolute Gasteiger partial charge is 0.257 e. The predicted molar refractivity (Wildman–Crippen MR) is 111 cm³/mol. The molecule has 0 N–H and O–H groups in total. The highest BCUT2D eigenvalue weighted by Crippen LogP contribution is 2.39. The number of carbonyl (C=O) groups excluding carboxylic acids is 1. The van der Waals surface area contributed by atoms with E-state index >= 15 is 0 Å². The molecule has 1 saturated heterocycles. The SMILES string of the molecule is O=C(c1ccoc1)N1CC[C@]2(C1)CN(Cc1ccccn1)S(=O)(=O)c1ccccc1O2. The Kier molecular flexibility index (Phi) is 4.79. The summed E-state index contributed by atoms with van der Waals surface area (Å²) in [6.45, 7) is 0.983. The lowest BCUT2D eigenvalue weighted by atomic mass is 10.0. The minimum atomic E-state index is -3.81. The normalized spacial score (nSPS) is 22.6. The number of fused-ring (bicyclic) bond motifs is 1. The summed E-state index contributed by atoms with van der Waals surface area (Å²) in [6, 6.07) is 13.7. The van der Waals surface area contributed by atoms with Crippen LogP contribution in [-0.4, -0.2) is 53.7 Å². The molecule has 1 fully saturated rings. The summed E-state index contributed by atoms with van der Waals surface area (Å²) in [7, 11) is -3.81. The molecule has 1 atom stereocenters. The number of sulfonamides is 1. The van der Waals surface area contributed by atoms with Crippen LogP contribution in [0, 0.1) is 0 Å². The third-order valence-corrected chi connectivity index (χ3v) is 7.53. The first-order valence-electron chi connectivity index (χ1n) is 9.97. The van der Waals surface area contributed by atoms with Gasteiger partial charge in [0.1, 0.15) is 22.5 Å². The molecule has 1 spiro atoms. The number of pyridine rings is 1. The molecule has 160 valence electrons. The van der Waals surface area contributed by atoms with E-state index < -0.39 is 15.6 Å². The van der Waals surface area contributed by atoms with E-state index in [4.69, 9.17) is 9.15 Å². The average molecular weight is 439 g/mol. The minimum Gasteiger partial charge on any atom is -0.483 e. The van der Waals surface area contributed by atoms with Gasteiger partial charge in [0, 0.05) is 19.2 Å². The van der Waals surface area contributed by atoms with E-state index in [-0.39, 0.29) is 30.4 Å². The number of furan rings is 1. The van der Waals surface area contributed by atoms with Crippen molar-refractivity contribution in [1.29, 1.82) is 0 Å². The summed E-state index contributed by atoms with van der Waals surface area (Å²) in [5.41, 5.74) is 0.252. The first-order valence-corrected chi connectivity index (χ1v) is 11.4. The van der Waals surface area contributed by atoms with Gasteiger partial charge >= 0.3 is 0 Å². The number of hydrogen-bond acceptors (Lipinski definition) is 6. The van der Waals surface area contributed by atoms with Crippen LogP contribution in [0.4, 0.5) is 0 Å². The summed E-state index contributed by atoms with van der Waals surface area (Å²) in [5.74, 6) is 0.148. The second-order valence-corrected chi connectivity index (χ2v) is 9.72. The molecule has 0 bridgehead atoms. The second-order valence-electron chi connectivity index (χ2n) is 7.81. The quantitative estimate of drug-likeness (QED) is 0.623. The number of carbonyl (C=O) groups is 1. The van der Waals surface area contributed by atoms with Gasteiger partial charge in [0.05, 0.1) is 37.2 Å². The van der Waals surface area contributed by atoms with Gasteiger partial charge < -0.3 is 14.1 Å². The topological polar surface area (TPSA) is 93.0 Å². The van der Waals surface area contributed by atoms with Crippen LogP contribution in [0.25, 0.3) is 0 Å². The summed E-state index contributed by atoms with van der Waals surface area (Å²) in [6.07, 6.45) is 5.02. The number of amides is 1. The Morgan fingerprint density at radius 1 is 1.10 bits per heavy atom. The number of hydrogen-bond donors (Lipinski definition) is 0. The zero-order chi connectivity index (χ0) is 21.5. The molecule has 0 radical (unpaired) electrons. The predicted octanol–water partition coefficient (Wildman–Crippen LogP) is 2.54. The lowest BCUT2D eigenvalue weighted by molar-refractivity contribution is 0.0508. The molecule has 0 aliphatic carbocycles. The van der Waals surface area contributed by atoms with Crippen LogP contribution in [0.3, 0.4) is 0 Å². The summed E-state index contributed by atoms with van der Waals surface area (Å²) < 4.78 is 39.8. The molecule has 1 aromatic carbocycles. The maximum atomic E-state index is 13.5. The minimum absolute atomic E-state index is 0.121. The molecular formula is C22H21N3O5S. The molecule has 9 heteroatoms. The van der Waals surface area contributed by atoms with Crippen LogP contribution in [0.1, 0.15) is 22.5 Å². The van der Waals surface area contributed by atoms with Gasteiger partial charge in [0.25, 0.3) is 5.91 Å². The van der Waals surface area contributed by atoms with Gasteiger partial charge in [-0.25, -0.2) is 8.42 Å². The van der Waals surface area contributed by atoms with E-state index in [1.807, 2.05) is 6.07 Å². The first kappa shape index (κ1) is 19.8. The molecule has 0 unspecified atom stereocenters. The van der Waals surface area contributed by atoms with Crippen molar-refractivity contribution in [3.8, 4) is 5.75 Å². The molecule has 1 amide bonds. The highest BCUT2D eigenvalue weighted by molar-refractivity contribution is 7.89. The van der Waals surface area contributed by atoms with Crippen molar-refractivity contribution in [3.05, 3.63) is 78.5 Å². The van der Waals surface area contributed by atoms with E-state index in [1.54, 1.807) is 53.6 Å². The Hall–Kier alpha value is -3.17. The van der Waals surface area contributed by atoms with Crippen LogP contribution >= 0.6 is 0 Å². The Balaban J connectivity index is 1.51. The lowest BCUT2D eigenvalue weighted by Crippen LogP contribution is -2.49. The molecular weight excluding hydrogens is 418 g/mol. The Morgan fingerprint density at radius 2 is 1.94 bits per heavy atom. The van der Waals surface area contributed by atoms with Crippen LogP contribution in [0.2, 0.25) is 0 Å². The van der Waals surface area contributed by atoms with Gasteiger partial charge in [-0.2, -0.15) is 4.31 Å². The maximum absolute atomic E-state index is 13.5. The fraction of sp³-hybridized carbons (Fsp3) is 0.273. The molecule has 3 aromatic rings. The Morgan fingerprint density at radius 3 is 2.71 bits per heavy atom. The van der Waals surface area contributed by atoms with E-state index in [2.05, 4.69) is 4.98 Å². The zero-order valence-corrected chi connectivity index (χ0v) is 17.5. The van der Waals surface area contributed by atoms with Crippen molar-refractivity contribution < 1.29 is 22.4 Å². The summed E-state index contributed by atoms with van der Waals surface area (Å²) >= 11 is 0. The van der Waals surface area contributed by atoms with E-state index in [9.17, 15) is 13.2 Å². The lowest BCUT2D eigenvalue weighted by Gasteiger charge is -2.31. The molecule has 31 heavy (non-hydrogen) atoms. The van der Waals surface area contributed by atoms with E-state index in [1.165, 1.54) is 16.8 Å². The highest BCUT2D eigenvalue weighted by atomic mass is 32.2. The van der Waals surface area contributed by atoms with Gasteiger partial charge in [0.2, 0.25) is 10.0 Å². The Bertz CT molecular complexity index is 1200. The van der Waals surface area contributed by atoms with Gasteiger partial charge in [0.15, 0.2) is 0 Å². The van der Waals surface area contributed by atoms with E-state index in [0.29, 0.717) is 30.0 Å². The van der Waals surface area contributed by atoms with Gasteiger partial charge in [-0.3, -0.25) is 9.78 Å². The number of ether oxygens (including phenoxy) is 1. The van der Waals surface area contributed by atoms with Crippen molar-refractivity contribution in [2.24, 2.45) is 0 Å². The summed E-state index contributed by atoms with van der Waals surface area (Å²) in [5, 5.41) is 0. The second kappa shape index (κ2) is 7.51. The van der Waals surface area contributed by atoms with Gasteiger partial charge in [-0.05, 0) is 30.3 Å². The van der Waals surface area contributed by atoms with Crippen molar-refractivity contribution in [3.63, 3.8) is 0 Å². The third-order valence-electron chi connectivity index (χ3n) is 5.69. The third kappa shape index (κ3) is 3.60. The van der Waals surface area contributed by atoms with Gasteiger partial charge in [-0.15, -0.1) is 0 Å². The maximum Gasteiger partial charge on any atom is 0.257 e. The number of rotatable bonds is 3. The molecule has 8 nitrogen and oxygen atoms in total. The molecule has 0 saturated carbocycles. The zero-order valence-electron chi connectivity index (χ0n) is 16.7. The molecule has 2 aromatic heterocycles. The summed E-state index contributed by atoms with van der Waals surface area (Å²) in [4.78, 5) is 18.9.